The second kappa shape index (κ2) is 13.7. The number of aliphatic hydroxyl groups is 1. The Morgan fingerprint density at radius 1 is 1.12 bits per heavy atom. The second-order valence-corrected chi connectivity index (χ2v) is 7.62. The highest BCUT2D eigenvalue weighted by Gasteiger charge is 2.23. The molecule has 2 amide bonds. The number of benzene rings is 1. The van der Waals surface area contributed by atoms with Gasteiger partial charge in [0.15, 0.2) is 5.82 Å². The summed E-state index contributed by atoms with van der Waals surface area (Å²) in [6.07, 6.45) is 0.840. The third-order valence-corrected chi connectivity index (χ3v) is 4.41. The van der Waals surface area contributed by atoms with Crippen molar-refractivity contribution in [2.24, 2.45) is 0 Å². The molecule has 3 aromatic rings. The van der Waals surface area contributed by atoms with E-state index in [1.54, 1.807) is 13.8 Å². The van der Waals surface area contributed by atoms with Gasteiger partial charge in [-0.15, -0.1) is 0 Å². The van der Waals surface area contributed by atoms with E-state index in [1.165, 1.54) is 0 Å². The molecule has 2 aromatic heterocycles. The number of anilines is 1. The number of carbonyl (C=O) groups excluding carboxylic acids is 1. The summed E-state index contributed by atoms with van der Waals surface area (Å²) in [4.78, 5) is 21.7. The molecular weight excluding hydrogens is 418 g/mol. The summed E-state index contributed by atoms with van der Waals surface area (Å²) in [5.41, 5.74) is 1.18. The number of hydrogen-bond acceptors (Lipinski definition) is 5. The zero-order valence-corrected chi connectivity index (χ0v) is 21.5. The largest absolute Gasteiger partial charge is 0.389 e. The molecule has 3 rings (SSSR count). The maximum atomic E-state index is 12.3. The van der Waals surface area contributed by atoms with Gasteiger partial charge in [-0.1, -0.05) is 52.8 Å². The lowest BCUT2D eigenvalue weighted by Crippen LogP contribution is -2.29. The van der Waals surface area contributed by atoms with Gasteiger partial charge < -0.3 is 19.7 Å². The van der Waals surface area contributed by atoms with E-state index in [-0.39, 0.29) is 6.03 Å². The van der Waals surface area contributed by atoms with E-state index < -0.39 is 5.60 Å². The lowest BCUT2D eigenvalue weighted by atomic mass is 10.1. The van der Waals surface area contributed by atoms with E-state index in [1.807, 2.05) is 70.4 Å². The molecule has 0 saturated heterocycles. The summed E-state index contributed by atoms with van der Waals surface area (Å²) in [6, 6.07) is 7.39. The third-order valence-electron chi connectivity index (χ3n) is 4.41. The molecule has 8 heteroatoms. The van der Waals surface area contributed by atoms with E-state index in [4.69, 9.17) is 9.72 Å². The van der Waals surface area contributed by atoms with Crippen LogP contribution in [0.15, 0.2) is 24.3 Å². The topological polar surface area (TPSA) is 101 Å². The third kappa shape index (κ3) is 7.68. The molecule has 0 saturated carbocycles. The first kappa shape index (κ1) is 28.3. The average Bonchev–Trinajstić information content (AvgIpc) is 3.16. The minimum Gasteiger partial charge on any atom is -0.389 e. The molecule has 0 aliphatic rings. The average molecular weight is 460 g/mol. The number of ether oxygens (including phenoxy) is 1. The molecule has 1 aromatic carbocycles. The maximum Gasteiger partial charge on any atom is 0.320 e. The molecule has 0 aliphatic heterocycles. The van der Waals surface area contributed by atoms with Crippen molar-refractivity contribution < 1.29 is 14.6 Å². The fourth-order valence-electron chi connectivity index (χ4n) is 3.22. The number of aromatic nitrogens is 3. The molecule has 0 bridgehead atoms. The molecule has 33 heavy (non-hydrogen) atoms. The van der Waals surface area contributed by atoms with Crippen LogP contribution in [0.2, 0.25) is 0 Å². The van der Waals surface area contributed by atoms with Gasteiger partial charge in [0, 0.05) is 18.5 Å². The minimum atomic E-state index is -0.953. The monoisotopic (exact) mass is 459 g/mol. The van der Waals surface area contributed by atoms with Crippen molar-refractivity contribution in [3.05, 3.63) is 30.1 Å². The smallest absolute Gasteiger partial charge is 0.320 e. The van der Waals surface area contributed by atoms with E-state index in [2.05, 4.69) is 15.6 Å². The van der Waals surface area contributed by atoms with E-state index in [0.717, 1.165) is 22.8 Å². The van der Waals surface area contributed by atoms with Crippen LogP contribution in [0, 0.1) is 0 Å². The highest BCUT2D eigenvalue weighted by Crippen LogP contribution is 2.31. The summed E-state index contributed by atoms with van der Waals surface area (Å²) < 4.78 is 7.57. The first-order valence-corrected chi connectivity index (χ1v) is 12.0. The number of nitrogens with one attached hydrogen (secondary N) is 2. The molecule has 8 nitrogen and oxygen atoms in total. The Morgan fingerprint density at radius 3 is 2.39 bits per heavy atom. The van der Waals surface area contributed by atoms with Crippen LogP contribution in [0.5, 0.6) is 0 Å². The number of nitrogens with zero attached hydrogens (tertiary/aromatic N) is 3. The quantitative estimate of drug-likeness (QED) is 0.414. The number of para-hydroxylation sites is 1. The van der Waals surface area contributed by atoms with Gasteiger partial charge >= 0.3 is 6.03 Å². The molecule has 0 aliphatic carbocycles. The summed E-state index contributed by atoms with van der Waals surface area (Å²) >= 11 is 0. The van der Waals surface area contributed by atoms with Crippen LogP contribution in [0.1, 0.15) is 67.6 Å². The van der Waals surface area contributed by atoms with Gasteiger partial charge in [-0.2, -0.15) is 0 Å². The minimum absolute atomic E-state index is 0.303. The zero-order valence-electron chi connectivity index (χ0n) is 21.5. The molecule has 2 heterocycles. The summed E-state index contributed by atoms with van der Waals surface area (Å²) in [6.45, 7) is 17.2. The number of carbonyl (C=O) groups is 1. The summed E-state index contributed by atoms with van der Waals surface area (Å²) in [5.74, 6) is 1.07. The van der Waals surface area contributed by atoms with Gasteiger partial charge in [-0.3, -0.25) is 5.32 Å². The zero-order chi connectivity index (χ0) is 25.0. The first-order valence-electron chi connectivity index (χ1n) is 12.0. The van der Waals surface area contributed by atoms with Gasteiger partial charge in [0.25, 0.3) is 0 Å². The standard InChI is InChI=1S/C21H29N5O3.2C2H6/c1-5-11-22-20(27)25-19-17-18(14-9-7-8-10-15(14)23-19)26(13-21(3,4)28)16(24-17)12-29-6-2;2*1-2/h7-10,28H,5-6,11-13H2,1-4H3,(H2,22,23,25,27);2*1-2H3. The van der Waals surface area contributed by atoms with Gasteiger partial charge in [0.1, 0.15) is 17.9 Å². The number of hydrogen-bond donors (Lipinski definition) is 3. The fraction of sp³-hybridized carbons (Fsp3) is 0.560. The second-order valence-electron chi connectivity index (χ2n) is 7.62. The van der Waals surface area contributed by atoms with Crippen LogP contribution in [-0.2, 0) is 17.9 Å². The van der Waals surface area contributed by atoms with Crippen LogP contribution in [-0.4, -0.2) is 44.4 Å². The number of imidazole rings is 1. The number of amides is 2. The first-order chi connectivity index (χ1) is 15.8. The van der Waals surface area contributed by atoms with Crippen LogP contribution < -0.4 is 10.6 Å². The van der Waals surface area contributed by atoms with Gasteiger partial charge in [-0.05, 0) is 33.3 Å². The van der Waals surface area contributed by atoms with Crippen molar-refractivity contribution in [1.29, 1.82) is 0 Å². The Bertz CT molecular complexity index is 1010. The summed E-state index contributed by atoms with van der Waals surface area (Å²) in [7, 11) is 0. The van der Waals surface area contributed by atoms with E-state index in [0.29, 0.717) is 43.5 Å². The summed E-state index contributed by atoms with van der Waals surface area (Å²) in [5, 5.41) is 17.0. The molecule has 0 atom stereocenters. The molecule has 0 fully saturated rings. The Kier molecular flexibility index (Phi) is 11.8. The predicted molar refractivity (Wildman–Crippen MR) is 137 cm³/mol. The van der Waals surface area contributed by atoms with E-state index in [9.17, 15) is 9.90 Å². The number of rotatable bonds is 8. The molecule has 3 N–H and O–H groups in total. The molecule has 0 spiro atoms. The van der Waals surface area contributed by atoms with Crippen molar-refractivity contribution in [2.45, 2.75) is 80.6 Å². The Hall–Kier alpha value is -2.71. The molecule has 184 valence electrons. The molecule has 0 unspecified atom stereocenters. The lowest BCUT2D eigenvalue weighted by Gasteiger charge is -2.20. The molecular formula is C25H41N5O3. The van der Waals surface area contributed by atoms with Crippen molar-refractivity contribution in [3.63, 3.8) is 0 Å². The van der Waals surface area contributed by atoms with Crippen LogP contribution in [0.3, 0.4) is 0 Å². The highest BCUT2D eigenvalue weighted by atomic mass is 16.5. The SMILES string of the molecule is CC.CC.CCCNC(=O)Nc1nc2ccccc2c2c1nc(COCC)n2CC(C)(C)O. The van der Waals surface area contributed by atoms with Crippen molar-refractivity contribution in [3.8, 4) is 0 Å². The maximum absolute atomic E-state index is 12.3. The van der Waals surface area contributed by atoms with E-state index >= 15 is 0 Å². The number of urea groups is 1. The molecule has 0 radical (unpaired) electrons. The van der Waals surface area contributed by atoms with Crippen molar-refractivity contribution in [2.75, 3.05) is 18.5 Å². The van der Waals surface area contributed by atoms with Crippen molar-refractivity contribution >= 4 is 33.8 Å². The number of fused-ring (bicyclic) bond motifs is 3. The van der Waals surface area contributed by atoms with Crippen LogP contribution >= 0.6 is 0 Å². The van der Waals surface area contributed by atoms with Crippen LogP contribution in [0.25, 0.3) is 21.9 Å². The highest BCUT2D eigenvalue weighted by molar-refractivity contribution is 6.09. The fourth-order valence-corrected chi connectivity index (χ4v) is 3.22. The predicted octanol–water partition coefficient (Wildman–Crippen LogP) is 5.48. The Labute approximate surface area is 197 Å². The van der Waals surface area contributed by atoms with Crippen LogP contribution in [0.4, 0.5) is 10.6 Å². The Balaban J connectivity index is 0.00000129. The van der Waals surface area contributed by atoms with Gasteiger partial charge in [0.05, 0.1) is 23.2 Å². The van der Waals surface area contributed by atoms with Gasteiger partial charge in [0.2, 0.25) is 0 Å². The Morgan fingerprint density at radius 2 is 1.79 bits per heavy atom. The normalized spacial score (nSPS) is 10.8. The lowest BCUT2D eigenvalue weighted by molar-refractivity contribution is 0.0582. The number of pyridine rings is 1. The van der Waals surface area contributed by atoms with Gasteiger partial charge in [-0.25, -0.2) is 14.8 Å². The van der Waals surface area contributed by atoms with Crippen molar-refractivity contribution in [1.82, 2.24) is 19.9 Å².